The van der Waals surface area contributed by atoms with Crippen LogP contribution in [0.25, 0.3) is 0 Å². The molecule has 3 nitrogen and oxygen atoms in total. The zero-order chi connectivity index (χ0) is 20.3. The molecule has 0 radical (unpaired) electrons. The molecule has 1 atom stereocenters. The van der Waals surface area contributed by atoms with E-state index in [1.165, 1.54) is 5.56 Å². The normalized spacial score (nSPS) is 13.7. The Morgan fingerprint density at radius 3 is 2.22 bits per heavy atom. The molecule has 0 aliphatic rings. The van der Waals surface area contributed by atoms with Crippen LogP contribution >= 0.6 is 11.9 Å². The van der Waals surface area contributed by atoms with Crippen molar-refractivity contribution in [1.82, 2.24) is 4.72 Å². The van der Waals surface area contributed by atoms with Crippen molar-refractivity contribution in [2.75, 3.05) is 13.2 Å². The average Bonchev–Trinajstić information content (AvgIpc) is 2.66. The molecule has 1 unspecified atom stereocenters. The molecule has 0 heterocycles. The minimum Gasteiger partial charge on any atom is -0.377 e. The second-order valence-electron chi connectivity index (χ2n) is 6.90. The van der Waals surface area contributed by atoms with Crippen molar-refractivity contribution in [1.29, 1.82) is 0 Å². The van der Waals surface area contributed by atoms with Crippen molar-refractivity contribution >= 4 is 11.9 Å². The topological polar surface area (TPSA) is 47.3 Å². The van der Waals surface area contributed by atoms with E-state index in [2.05, 4.69) is 23.8 Å². The maximum absolute atomic E-state index is 12.5. The molecule has 1 aromatic rings. The minimum absolute atomic E-state index is 0.161. The number of alkyl halides is 3. The predicted molar refractivity (Wildman–Crippen MR) is 108 cm³/mol. The highest BCUT2D eigenvalue weighted by atomic mass is 32.2. The van der Waals surface area contributed by atoms with Gasteiger partial charge in [0, 0.05) is 24.1 Å². The van der Waals surface area contributed by atoms with Crippen LogP contribution in [0, 0.1) is 0 Å². The Balaban J connectivity index is 2.49. The summed E-state index contributed by atoms with van der Waals surface area (Å²) in [5.74, 6) is 0.386. The average molecular weight is 407 g/mol. The fourth-order valence-electron chi connectivity index (χ4n) is 3.08. The van der Waals surface area contributed by atoms with Crippen molar-refractivity contribution in [2.24, 2.45) is 5.73 Å². The van der Waals surface area contributed by atoms with E-state index < -0.39 is 11.0 Å². The fraction of sp³-hybridized carbons (Fsp3) is 0.700. The SMILES string of the molecule is CCCC(CN)c1ccc(COCCC(CC)(CC)NSC(F)(F)F)cc1. The van der Waals surface area contributed by atoms with Crippen LogP contribution in [-0.2, 0) is 11.3 Å². The summed E-state index contributed by atoms with van der Waals surface area (Å²) in [6, 6.07) is 8.27. The van der Waals surface area contributed by atoms with Gasteiger partial charge in [0.15, 0.2) is 0 Å². The number of benzene rings is 1. The number of rotatable bonds is 13. The van der Waals surface area contributed by atoms with Crippen LogP contribution in [0.4, 0.5) is 13.2 Å². The summed E-state index contributed by atoms with van der Waals surface area (Å²) in [5.41, 5.74) is 3.29. The van der Waals surface area contributed by atoms with Crippen LogP contribution in [0.15, 0.2) is 24.3 Å². The Bertz CT molecular complexity index is 519. The van der Waals surface area contributed by atoms with Crippen LogP contribution in [0.1, 0.15) is 69.9 Å². The van der Waals surface area contributed by atoms with Gasteiger partial charge in [-0.15, -0.1) is 0 Å². The molecular formula is C20H33F3N2OS. The van der Waals surface area contributed by atoms with Crippen molar-refractivity contribution in [2.45, 2.75) is 76.4 Å². The van der Waals surface area contributed by atoms with Crippen LogP contribution in [0.3, 0.4) is 0 Å². The number of nitrogens with one attached hydrogen (secondary N) is 1. The Kier molecular flexibility index (Phi) is 10.7. The standard InChI is InChI=1S/C20H33F3N2OS/c1-4-7-18(14-24)17-10-8-16(9-11-17)15-26-13-12-19(5-2,6-3)25-27-20(21,22)23/h8-11,18,25H,4-7,12-15,24H2,1-3H3. The summed E-state index contributed by atoms with van der Waals surface area (Å²) < 4.78 is 45.8. The van der Waals surface area contributed by atoms with E-state index in [0.29, 0.717) is 44.9 Å². The third-order valence-corrected chi connectivity index (χ3v) is 5.87. The summed E-state index contributed by atoms with van der Waals surface area (Å²) in [6.07, 6.45) is 3.94. The molecule has 0 bridgehead atoms. The van der Waals surface area contributed by atoms with E-state index >= 15 is 0 Å². The van der Waals surface area contributed by atoms with Crippen molar-refractivity contribution in [3.05, 3.63) is 35.4 Å². The predicted octanol–water partition coefficient (Wildman–Crippen LogP) is 5.75. The first kappa shape index (κ1) is 24.3. The molecule has 0 aliphatic heterocycles. The summed E-state index contributed by atoms with van der Waals surface area (Å²) >= 11 is -0.161. The Morgan fingerprint density at radius 2 is 1.74 bits per heavy atom. The molecule has 0 spiro atoms. The van der Waals surface area contributed by atoms with Gasteiger partial charge in [-0.3, -0.25) is 4.72 Å². The summed E-state index contributed by atoms with van der Waals surface area (Å²) in [6.45, 7) is 7.46. The van der Waals surface area contributed by atoms with Gasteiger partial charge in [-0.05, 0) is 49.3 Å². The molecular weight excluding hydrogens is 373 g/mol. The molecule has 0 aliphatic carbocycles. The summed E-state index contributed by atoms with van der Waals surface area (Å²) in [5, 5.41) is 0. The third-order valence-electron chi connectivity index (χ3n) is 5.10. The number of nitrogens with two attached hydrogens (primary N) is 1. The molecule has 0 amide bonds. The second-order valence-corrected chi connectivity index (χ2v) is 7.77. The Hall–Kier alpha value is -0.760. The molecule has 3 N–H and O–H groups in total. The van der Waals surface area contributed by atoms with Crippen LogP contribution in [0.2, 0.25) is 0 Å². The zero-order valence-corrected chi connectivity index (χ0v) is 17.4. The monoisotopic (exact) mass is 406 g/mol. The summed E-state index contributed by atoms with van der Waals surface area (Å²) in [7, 11) is 0. The first-order chi connectivity index (χ1) is 12.8. The van der Waals surface area contributed by atoms with Gasteiger partial charge >= 0.3 is 5.51 Å². The van der Waals surface area contributed by atoms with Gasteiger partial charge in [-0.1, -0.05) is 51.5 Å². The maximum Gasteiger partial charge on any atom is 0.456 e. The highest BCUT2D eigenvalue weighted by molar-refractivity contribution is 7.98. The van der Waals surface area contributed by atoms with Gasteiger partial charge in [-0.2, -0.15) is 13.2 Å². The minimum atomic E-state index is -4.28. The maximum atomic E-state index is 12.5. The lowest BCUT2D eigenvalue weighted by atomic mass is 9.91. The largest absolute Gasteiger partial charge is 0.456 e. The first-order valence-electron chi connectivity index (χ1n) is 9.67. The quantitative estimate of drug-likeness (QED) is 0.323. The first-order valence-corrected chi connectivity index (χ1v) is 10.5. The molecule has 156 valence electrons. The van der Waals surface area contributed by atoms with Crippen molar-refractivity contribution in [3.63, 3.8) is 0 Å². The lowest BCUT2D eigenvalue weighted by Gasteiger charge is -2.32. The van der Waals surface area contributed by atoms with Gasteiger partial charge in [0.05, 0.1) is 6.61 Å². The highest BCUT2D eigenvalue weighted by Crippen LogP contribution is 2.32. The smallest absolute Gasteiger partial charge is 0.377 e. The van der Waals surface area contributed by atoms with Gasteiger partial charge in [0.1, 0.15) is 0 Å². The van der Waals surface area contributed by atoms with Crippen molar-refractivity contribution < 1.29 is 17.9 Å². The number of halogens is 3. The molecule has 27 heavy (non-hydrogen) atoms. The van der Waals surface area contributed by atoms with E-state index in [1.54, 1.807) is 0 Å². The van der Waals surface area contributed by atoms with E-state index in [4.69, 9.17) is 10.5 Å². The van der Waals surface area contributed by atoms with E-state index in [-0.39, 0.29) is 11.9 Å². The lowest BCUT2D eigenvalue weighted by molar-refractivity contribution is -0.0345. The molecule has 0 saturated heterocycles. The van der Waals surface area contributed by atoms with E-state index in [1.807, 2.05) is 26.0 Å². The lowest BCUT2D eigenvalue weighted by Crippen LogP contribution is -2.42. The van der Waals surface area contributed by atoms with Gasteiger partial charge in [-0.25, -0.2) is 0 Å². The molecule has 0 fully saturated rings. The zero-order valence-electron chi connectivity index (χ0n) is 16.6. The number of hydrogen-bond acceptors (Lipinski definition) is 4. The van der Waals surface area contributed by atoms with Gasteiger partial charge in [0.25, 0.3) is 0 Å². The molecule has 1 rings (SSSR count). The van der Waals surface area contributed by atoms with Crippen molar-refractivity contribution in [3.8, 4) is 0 Å². The molecule has 1 aromatic carbocycles. The Morgan fingerprint density at radius 1 is 1.11 bits per heavy atom. The molecule has 0 aromatic heterocycles. The number of hydrogen-bond donors (Lipinski definition) is 2. The van der Waals surface area contributed by atoms with Gasteiger partial charge < -0.3 is 10.5 Å². The van der Waals surface area contributed by atoms with E-state index in [0.717, 1.165) is 18.4 Å². The molecule has 7 heteroatoms. The third kappa shape index (κ3) is 8.85. The van der Waals surface area contributed by atoms with E-state index in [9.17, 15) is 13.2 Å². The van der Waals surface area contributed by atoms with Crippen LogP contribution in [-0.4, -0.2) is 24.2 Å². The highest BCUT2D eigenvalue weighted by Gasteiger charge is 2.34. The second kappa shape index (κ2) is 11.9. The fourth-order valence-corrected chi connectivity index (χ4v) is 3.80. The number of ether oxygens (including phenoxy) is 1. The van der Waals surface area contributed by atoms with Crippen LogP contribution in [0.5, 0.6) is 0 Å². The van der Waals surface area contributed by atoms with Gasteiger partial charge in [0.2, 0.25) is 0 Å². The van der Waals surface area contributed by atoms with Crippen LogP contribution < -0.4 is 10.5 Å². The Labute approximate surface area is 165 Å². The summed E-state index contributed by atoms with van der Waals surface area (Å²) in [4.78, 5) is 0. The molecule has 0 saturated carbocycles.